The maximum absolute atomic E-state index is 4.88. The van der Waals surface area contributed by atoms with Gasteiger partial charge in [-0.2, -0.15) is 0 Å². The van der Waals surface area contributed by atoms with Crippen molar-refractivity contribution in [2.24, 2.45) is 0 Å². The second kappa shape index (κ2) is 5.36. The second-order valence-corrected chi connectivity index (χ2v) is 7.64. The van der Waals surface area contributed by atoms with Gasteiger partial charge in [0.05, 0.1) is 11.0 Å². The van der Waals surface area contributed by atoms with E-state index in [0.29, 0.717) is 0 Å². The van der Waals surface area contributed by atoms with Crippen LogP contribution in [0.25, 0.3) is 22.4 Å². The van der Waals surface area contributed by atoms with E-state index in [0.717, 1.165) is 16.9 Å². The van der Waals surface area contributed by atoms with Crippen LogP contribution in [0.2, 0.25) is 0 Å². The van der Waals surface area contributed by atoms with Crippen molar-refractivity contribution in [3.63, 3.8) is 0 Å². The van der Waals surface area contributed by atoms with Crippen LogP contribution in [0.1, 0.15) is 26.3 Å². The number of benzene rings is 2. The maximum Gasteiger partial charge on any atom is 0.141 e. The van der Waals surface area contributed by atoms with E-state index < -0.39 is 0 Å². The molecule has 0 bridgehead atoms. The fourth-order valence-electron chi connectivity index (χ4n) is 3.11. The number of aromatic amines is 1. The van der Waals surface area contributed by atoms with Gasteiger partial charge in [-0.15, -0.1) is 0 Å². The van der Waals surface area contributed by atoms with Crippen LogP contribution in [0.3, 0.4) is 0 Å². The molecule has 1 heterocycles. The molecule has 0 aliphatic rings. The summed E-state index contributed by atoms with van der Waals surface area (Å²) in [6, 6.07) is 8.75. The molecule has 2 nitrogen and oxygen atoms in total. The van der Waals surface area contributed by atoms with Gasteiger partial charge < -0.3 is 4.98 Å². The van der Waals surface area contributed by atoms with Gasteiger partial charge in [-0.1, -0.05) is 66.9 Å². The summed E-state index contributed by atoms with van der Waals surface area (Å²) in [5, 5.41) is 0. The second-order valence-electron chi connectivity index (χ2n) is 7.64. The van der Waals surface area contributed by atoms with Crippen molar-refractivity contribution in [3.8, 4) is 11.4 Å². The first-order chi connectivity index (χ1) is 10.7. The summed E-state index contributed by atoms with van der Waals surface area (Å²) >= 11 is 0. The highest BCUT2D eigenvalue weighted by atomic mass is 14.9. The molecule has 0 aliphatic carbocycles. The first-order valence-corrected chi connectivity index (χ1v) is 8.27. The van der Waals surface area contributed by atoms with Crippen molar-refractivity contribution in [1.82, 2.24) is 9.97 Å². The van der Waals surface area contributed by atoms with Crippen molar-refractivity contribution >= 4 is 64.3 Å². The summed E-state index contributed by atoms with van der Waals surface area (Å²) in [6.07, 6.45) is 0. The molecule has 23 heavy (non-hydrogen) atoms. The van der Waals surface area contributed by atoms with E-state index in [2.05, 4.69) is 81.4 Å². The fraction of sp³-hybridized carbons (Fsp3) is 0.235. The smallest absolute Gasteiger partial charge is 0.141 e. The molecule has 6 heteroatoms. The van der Waals surface area contributed by atoms with Crippen LogP contribution >= 0.6 is 0 Å². The molecule has 0 atom stereocenters. The molecule has 112 valence electrons. The SMILES string of the molecule is Bc1c(B)c(B)c2[nH]c(-c3ccc(C(C)(C)C)cc3)nc2c1B. The summed E-state index contributed by atoms with van der Waals surface area (Å²) in [5.41, 5.74) is 10.2. The number of nitrogens with one attached hydrogen (secondary N) is 1. The zero-order valence-corrected chi connectivity index (χ0v) is 15.3. The third kappa shape index (κ3) is 2.65. The molecule has 0 saturated heterocycles. The molecular weight excluding hydrogens is 275 g/mol. The van der Waals surface area contributed by atoms with E-state index >= 15 is 0 Å². The van der Waals surface area contributed by atoms with Crippen molar-refractivity contribution in [1.29, 1.82) is 0 Å². The number of aromatic nitrogens is 2. The van der Waals surface area contributed by atoms with Crippen LogP contribution in [0.5, 0.6) is 0 Å². The number of hydrogen-bond donors (Lipinski definition) is 1. The number of nitrogens with zero attached hydrogens (tertiary/aromatic N) is 1. The van der Waals surface area contributed by atoms with Crippen LogP contribution in [-0.2, 0) is 5.41 Å². The third-order valence-corrected chi connectivity index (χ3v) is 5.15. The molecule has 0 saturated carbocycles. The van der Waals surface area contributed by atoms with Crippen LogP contribution < -0.4 is 21.9 Å². The Balaban J connectivity index is 2.15. The van der Waals surface area contributed by atoms with Gasteiger partial charge >= 0.3 is 0 Å². The Morgan fingerprint density at radius 1 is 0.826 bits per heavy atom. The first kappa shape index (κ1) is 16.0. The molecule has 2 aromatic carbocycles. The van der Waals surface area contributed by atoms with Gasteiger partial charge in [0.25, 0.3) is 0 Å². The van der Waals surface area contributed by atoms with Gasteiger partial charge in [-0.3, -0.25) is 0 Å². The zero-order chi connectivity index (χ0) is 16.9. The highest BCUT2D eigenvalue weighted by molar-refractivity contribution is 6.66. The fourth-order valence-corrected chi connectivity index (χ4v) is 3.11. The lowest BCUT2D eigenvalue weighted by atomic mass is 9.66. The number of imidazole rings is 1. The molecule has 0 radical (unpaired) electrons. The zero-order valence-electron chi connectivity index (χ0n) is 15.3. The predicted molar refractivity (Wildman–Crippen MR) is 113 cm³/mol. The largest absolute Gasteiger partial charge is 0.338 e. The lowest BCUT2D eigenvalue weighted by molar-refractivity contribution is 0.590. The molecular formula is C17H22B4N2. The van der Waals surface area contributed by atoms with E-state index in [1.165, 1.54) is 32.9 Å². The summed E-state index contributed by atoms with van der Waals surface area (Å²) in [5.74, 6) is 0.955. The Hall–Kier alpha value is -1.83. The normalized spacial score (nSPS) is 12.0. The summed E-state index contributed by atoms with van der Waals surface area (Å²) < 4.78 is 0. The lowest BCUT2D eigenvalue weighted by Gasteiger charge is -2.18. The highest BCUT2D eigenvalue weighted by Crippen LogP contribution is 2.25. The van der Waals surface area contributed by atoms with Crippen molar-refractivity contribution in [3.05, 3.63) is 29.8 Å². The van der Waals surface area contributed by atoms with Crippen LogP contribution in [0.4, 0.5) is 0 Å². The number of H-pyrrole nitrogens is 1. The number of hydrogen-bond acceptors (Lipinski definition) is 1. The Morgan fingerprint density at radius 3 is 1.96 bits per heavy atom. The minimum atomic E-state index is 0.174. The van der Waals surface area contributed by atoms with E-state index in [9.17, 15) is 0 Å². The Kier molecular flexibility index (Phi) is 3.74. The first-order valence-electron chi connectivity index (χ1n) is 8.27. The minimum absolute atomic E-state index is 0.174. The van der Waals surface area contributed by atoms with Crippen LogP contribution in [-0.4, -0.2) is 41.4 Å². The van der Waals surface area contributed by atoms with Crippen LogP contribution in [0.15, 0.2) is 24.3 Å². The molecule has 1 aromatic heterocycles. The van der Waals surface area contributed by atoms with Crippen LogP contribution in [0, 0.1) is 0 Å². The van der Waals surface area contributed by atoms with E-state index in [1.807, 2.05) is 0 Å². The number of rotatable bonds is 1. The molecule has 0 unspecified atom stereocenters. The number of fused-ring (bicyclic) bond motifs is 1. The molecule has 0 fully saturated rings. The molecule has 0 spiro atoms. The van der Waals surface area contributed by atoms with Gasteiger partial charge in [0, 0.05) is 5.56 Å². The molecule has 1 N–H and O–H groups in total. The van der Waals surface area contributed by atoms with Gasteiger partial charge in [0.15, 0.2) is 0 Å². The van der Waals surface area contributed by atoms with Gasteiger partial charge in [-0.25, -0.2) is 4.98 Å². The average Bonchev–Trinajstić information content (AvgIpc) is 2.95. The Bertz CT molecular complexity index is 845. The van der Waals surface area contributed by atoms with E-state index in [-0.39, 0.29) is 5.41 Å². The van der Waals surface area contributed by atoms with E-state index in [4.69, 9.17) is 4.98 Å². The molecule has 0 amide bonds. The molecule has 3 rings (SSSR count). The summed E-state index contributed by atoms with van der Waals surface area (Å²) in [4.78, 5) is 8.42. The Morgan fingerprint density at radius 2 is 1.39 bits per heavy atom. The minimum Gasteiger partial charge on any atom is -0.338 e. The summed E-state index contributed by atoms with van der Waals surface area (Å²) in [6.45, 7) is 6.71. The monoisotopic (exact) mass is 298 g/mol. The van der Waals surface area contributed by atoms with E-state index in [1.54, 1.807) is 0 Å². The lowest BCUT2D eigenvalue weighted by Crippen LogP contribution is -2.47. The molecule has 0 aliphatic heterocycles. The maximum atomic E-state index is 4.88. The topological polar surface area (TPSA) is 28.7 Å². The predicted octanol–water partition coefficient (Wildman–Crippen LogP) is -2.44. The molecule has 3 aromatic rings. The quantitative estimate of drug-likeness (QED) is 0.497. The van der Waals surface area contributed by atoms with Crippen molar-refractivity contribution in [2.45, 2.75) is 26.2 Å². The third-order valence-electron chi connectivity index (χ3n) is 5.15. The van der Waals surface area contributed by atoms with Crippen molar-refractivity contribution in [2.75, 3.05) is 0 Å². The van der Waals surface area contributed by atoms with Gasteiger partial charge in [-0.05, 0) is 11.0 Å². The average molecular weight is 298 g/mol. The summed E-state index contributed by atoms with van der Waals surface area (Å²) in [7, 11) is 8.71. The van der Waals surface area contributed by atoms with Crippen molar-refractivity contribution < 1.29 is 0 Å². The standard InChI is InChI=1S/C17H22B4N2/c1-17(2,3)9-6-4-8(5-7-9)16-22-14-12(20)10(18)11(19)13(21)15(14)23-16/h4-7H,18-21H2,1-3H3,(H,22,23). The van der Waals surface area contributed by atoms with Gasteiger partial charge in [0.2, 0.25) is 0 Å². The highest BCUT2D eigenvalue weighted by Gasteiger charge is 2.15. The van der Waals surface area contributed by atoms with Gasteiger partial charge in [0.1, 0.15) is 37.2 Å². The Labute approximate surface area is 142 Å².